The summed E-state index contributed by atoms with van der Waals surface area (Å²) in [6, 6.07) is 13.3. The van der Waals surface area contributed by atoms with Gasteiger partial charge in [0, 0.05) is 5.56 Å². The smallest absolute Gasteiger partial charge is 0.284 e. The summed E-state index contributed by atoms with van der Waals surface area (Å²) < 4.78 is 24.7. The molecule has 0 aromatic heterocycles. The van der Waals surface area contributed by atoms with Gasteiger partial charge < -0.3 is 9.47 Å². The first-order valence-electron chi connectivity index (χ1n) is 7.12. The molecule has 1 aliphatic rings. The van der Waals surface area contributed by atoms with E-state index in [0.29, 0.717) is 22.8 Å². The standard InChI is InChI=1S/C17H15FN2O3/c1-11(12-6-2-3-7-13(12)18)19-20-17(21)16-10-22-14-8-4-5-9-15(14)23-16/h2-9,16H,10H2,1H3,(H,20,21)/b19-11+. The van der Waals surface area contributed by atoms with Gasteiger partial charge in [-0.1, -0.05) is 30.3 Å². The minimum atomic E-state index is -0.804. The zero-order valence-electron chi connectivity index (χ0n) is 12.5. The lowest BCUT2D eigenvalue weighted by Crippen LogP contribution is -2.42. The molecule has 0 saturated heterocycles. The Hall–Kier alpha value is -2.89. The molecule has 0 saturated carbocycles. The highest BCUT2D eigenvalue weighted by atomic mass is 19.1. The van der Waals surface area contributed by atoms with Crippen molar-refractivity contribution in [1.29, 1.82) is 0 Å². The highest BCUT2D eigenvalue weighted by Gasteiger charge is 2.27. The second kappa shape index (κ2) is 6.48. The number of fused-ring (bicyclic) bond motifs is 1. The molecule has 0 radical (unpaired) electrons. The zero-order chi connectivity index (χ0) is 16.2. The lowest BCUT2D eigenvalue weighted by atomic mass is 10.1. The molecule has 1 N–H and O–H groups in total. The van der Waals surface area contributed by atoms with E-state index >= 15 is 0 Å². The number of para-hydroxylation sites is 2. The number of benzene rings is 2. The average Bonchev–Trinajstić information content (AvgIpc) is 2.59. The van der Waals surface area contributed by atoms with E-state index in [4.69, 9.17) is 9.47 Å². The largest absolute Gasteiger partial charge is 0.485 e. The predicted molar refractivity (Wildman–Crippen MR) is 83.1 cm³/mol. The van der Waals surface area contributed by atoms with Crippen LogP contribution in [-0.2, 0) is 4.79 Å². The molecule has 2 aromatic rings. The van der Waals surface area contributed by atoms with Crippen molar-refractivity contribution in [2.24, 2.45) is 5.10 Å². The van der Waals surface area contributed by atoms with Crippen molar-refractivity contribution in [1.82, 2.24) is 5.43 Å². The molecule has 1 heterocycles. The summed E-state index contributed by atoms with van der Waals surface area (Å²) >= 11 is 0. The van der Waals surface area contributed by atoms with E-state index in [1.165, 1.54) is 6.07 Å². The zero-order valence-corrected chi connectivity index (χ0v) is 12.5. The average molecular weight is 314 g/mol. The summed E-state index contributed by atoms with van der Waals surface area (Å²) in [5, 5.41) is 3.93. The fourth-order valence-electron chi connectivity index (χ4n) is 2.17. The molecule has 0 spiro atoms. The van der Waals surface area contributed by atoms with Gasteiger partial charge in [-0.05, 0) is 25.1 Å². The first-order chi connectivity index (χ1) is 11.1. The lowest BCUT2D eigenvalue weighted by molar-refractivity contribution is -0.130. The molecular weight excluding hydrogens is 299 g/mol. The van der Waals surface area contributed by atoms with Crippen LogP contribution in [0.5, 0.6) is 11.5 Å². The maximum Gasteiger partial charge on any atom is 0.284 e. The Morgan fingerprint density at radius 3 is 2.65 bits per heavy atom. The van der Waals surface area contributed by atoms with Crippen LogP contribution in [0.1, 0.15) is 12.5 Å². The number of carbonyl (C=O) groups excluding carboxylic acids is 1. The van der Waals surface area contributed by atoms with Gasteiger partial charge in [-0.25, -0.2) is 9.82 Å². The van der Waals surface area contributed by atoms with Gasteiger partial charge in [0.1, 0.15) is 12.4 Å². The van der Waals surface area contributed by atoms with Gasteiger partial charge in [0.15, 0.2) is 11.5 Å². The number of amides is 1. The van der Waals surface area contributed by atoms with Crippen LogP contribution in [0.15, 0.2) is 53.6 Å². The molecule has 118 valence electrons. The SMILES string of the molecule is C/C(=N\NC(=O)C1COc2ccccc2O1)c1ccccc1F. The molecule has 5 nitrogen and oxygen atoms in total. The van der Waals surface area contributed by atoms with Crippen LogP contribution in [0.25, 0.3) is 0 Å². The maximum absolute atomic E-state index is 13.6. The normalized spacial score (nSPS) is 16.8. The number of ether oxygens (including phenoxy) is 2. The molecule has 1 aliphatic heterocycles. The van der Waals surface area contributed by atoms with Crippen molar-refractivity contribution in [3.05, 3.63) is 59.9 Å². The maximum atomic E-state index is 13.6. The summed E-state index contributed by atoms with van der Waals surface area (Å²) in [6.45, 7) is 1.71. The Morgan fingerprint density at radius 2 is 1.87 bits per heavy atom. The van der Waals surface area contributed by atoms with E-state index in [-0.39, 0.29) is 6.61 Å². The Morgan fingerprint density at radius 1 is 1.17 bits per heavy atom. The molecule has 23 heavy (non-hydrogen) atoms. The molecule has 1 amide bonds. The molecule has 6 heteroatoms. The number of nitrogens with zero attached hydrogens (tertiary/aromatic N) is 1. The lowest BCUT2D eigenvalue weighted by Gasteiger charge is -2.24. The molecule has 0 aliphatic carbocycles. The van der Waals surface area contributed by atoms with Crippen molar-refractivity contribution in [3.63, 3.8) is 0 Å². The minimum Gasteiger partial charge on any atom is -0.485 e. The van der Waals surface area contributed by atoms with Crippen LogP contribution in [0.4, 0.5) is 4.39 Å². The number of hydrazone groups is 1. The number of rotatable bonds is 3. The Kier molecular flexibility index (Phi) is 4.23. The number of halogens is 1. The summed E-state index contributed by atoms with van der Waals surface area (Å²) in [5.41, 5.74) is 3.09. The number of carbonyl (C=O) groups is 1. The fourth-order valence-corrected chi connectivity index (χ4v) is 2.17. The number of hydrogen-bond donors (Lipinski definition) is 1. The van der Waals surface area contributed by atoms with Crippen LogP contribution in [0.2, 0.25) is 0 Å². The topological polar surface area (TPSA) is 59.9 Å². The van der Waals surface area contributed by atoms with E-state index in [0.717, 1.165) is 0 Å². The molecular formula is C17H15FN2O3. The second-order valence-corrected chi connectivity index (χ2v) is 5.02. The molecule has 0 bridgehead atoms. The molecule has 0 fully saturated rings. The molecule has 1 unspecified atom stereocenters. The summed E-state index contributed by atoms with van der Waals surface area (Å²) in [5.74, 6) is 0.265. The second-order valence-electron chi connectivity index (χ2n) is 5.02. The summed E-state index contributed by atoms with van der Waals surface area (Å²) in [4.78, 5) is 12.1. The first kappa shape index (κ1) is 15.0. The van der Waals surface area contributed by atoms with Gasteiger partial charge in [0.05, 0.1) is 5.71 Å². The Bertz CT molecular complexity index is 761. The number of hydrogen-bond acceptors (Lipinski definition) is 4. The van der Waals surface area contributed by atoms with Crippen LogP contribution < -0.4 is 14.9 Å². The minimum absolute atomic E-state index is 0.0944. The van der Waals surface area contributed by atoms with Gasteiger partial charge in [-0.2, -0.15) is 5.10 Å². The third-order valence-electron chi connectivity index (χ3n) is 3.40. The Labute approximate surface area is 132 Å². The van der Waals surface area contributed by atoms with Crippen LogP contribution in [-0.4, -0.2) is 24.3 Å². The third kappa shape index (κ3) is 3.31. The summed E-state index contributed by atoms with van der Waals surface area (Å²) in [6.07, 6.45) is -0.804. The number of nitrogens with one attached hydrogen (secondary N) is 1. The van der Waals surface area contributed by atoms with Crippen LogP contribution in [0.3, 0.4) is 0 Å². The van der Waals surface area contributed by atoms with Crippen molar-refractivity contribution in [2.45, 2.75) is 13.0 Å². The van der Waals surface area contributed by atoms with Gasteiger partial charge in [0.25, 0.3) is 5.91 Å². The van der Waals surface area contributed by atoms with E-state index in [1.807, 2.05) is 6.07 Å². The third-order valence-corrected chi connectivity index (χ3v) is 3.40. The first-order valence-corrected chi connectivity index (χ1v) is 7.12. The molecule has 3 rings (SSSR count). The Balaban J connectivity index is 1.66. The highest BCUT2D eigenvalue weighted by molar-refractivity contribution is 5.99. The van der Waals surface area contributed by atoms with E-state index in [2.05, 4.69) is 10.5 Å². The van der Waals surface area contributed by atoms with Gasteiger partial charge >= 0.3 is 0 Å². The van der Waals surface area contributed by atoms with E-state index in [9.17, 15) is 9.18 Å². The van der Waals surface area contributed by atoms with Crippen molar-refractivity contribution >= 4 is 11.6 Å². The highest BCUT2D eigenvalue weighted by Crippen LogP contribution is 2.30. The monoisotopic (exact) mass is 314 g/mol. The van der Waals surface area contributed by atoms with Gasteiger partial charge in [-0.15, -0.1) is 0 Å². The van der Waals surface area contributed by atoms with Crippen LogP contribution in [0, 0.1) is 5.82 Å². The summed E-state index contributed by atoms with van der Waals surface area (Å²) in [7, 11) is 0. The van der Waals surface area contributed by atoms with E-state index in [1.54, 1.807) is 43.3 Å². The van der Waals surface area contributed by atoms with Crippen molar-refractivity contribution < 1.29 is 18.7 Å². The van der Waals surface area contributed by atoms with Crippen molar-refractivity contribution in [3.8, 4) is 11.5 Å². The van der Waals surface area contributed by atoms with Gasteiger partial charge in [-0.3, -0.25) is 4.79 Å². The van der Waals surface area contributed by atoms with Crippen molar-refractivity contribution in [2.75, 3.05) is 6.61 Å². The quantitative estimate of drug-likeness (QED) is 0.699. The molecule has 1 atom stereocenters. The predicted octanol–water partition coefficient (Wildman–Crippen LogP) is 2.51. The van der Waals surface area contributed by atoms with E-state index < -0.39 is 17.8 Å². The molecule has 2 aromatic carbocycles. The van der Waals surface area contributed by atoms with Crippen LogP contribution >= 0.6 is 0 Å². The fraction of sp³-hybridized carbons (Fsp3) is 0.176. The van der Waals surface area contributed by atoms with Gasteiger partial charge in [0.2, 0.25) is 6.10 Å².